The van der Waals surface area contributed by atoms with Gasteiger partial charge >= 0.3 is 6.09 Å². The molecule has 33 heavy (non-hydrogen) atoms. The fraction of sp³-hybridized carbons (Fsp3) is 0.630. The van der Waals surface area contributed by atoms with Gasteiger partial charge in [-0.25, -0.2) is 4.79 Å². The van der Waals surface area contributed by atoms with Crippen molar-refractivity contribution < 1.29 is 19.4 Å². The van der Waals surface area contributed by atoms with Gasteiger partial charge in [0.2, 0.25) is 0 Å². The summed E-state index contributed by atoms with van der Waals surface area (Å²) < 4.78 is 11.7. The Labute approximate surface area is 198 Å². The Hall–Kier alpha value is -2.34. The average Bonchev–Trinajstić information content (AvgIpc) is 2.71. The van der Waals surface area contributed by atoms with Crippen molar-refractivity contribution in [3.8, 4) is 5.75 Å². The predicted molar refractivity (Wildman–Crippen MR) is 131 cm³/mol. The molecule has 1 saturated carbocycles. The third kappa shape index (κ3) is 6.59. The van der Waals surface area contributed by atoms with Crippen molar-refractivity contribution >= 4 is 17.0 Å². The Morgan fingerprint density at radius 2 is 1.70 bits per heavy atom. The van der Waals surface area contributed by atoms with Crippen LogP contribution in [0.1, 0.15) is 79.8 Å². The van der Waals surface area contributed by atoms with Crippen molar-refractivity contribution in [3.05, 3.63) is 36.0 Å². The fourth-order valence-electron chi connectivity index (χ4n) is 4.44. The molecule has 1 aliphatic rings. The van der Waals surface area contributed by atoms with Crippen LogP contribution in [0.4, 0.5) is 4.79 Å². The summed E-state index contributed by atoms with van der Waals surface area (Å²) >= 11 is 0. The Morgan fingerprint density at radius 3 is 2.27 bits per heavy atom. The number of hydrogen-bond donors (Lipinski definition) is 2. The molecule has 0 aliphatic heterocycles. The van der Waals surface area contributed by atoms with E-state index in [0.29, 0.717) is 11.1 Å². The monoisotopic (exact) mass is 456 g/mol. The van der Waals surface area contributed by atoms with Gasteiger partial charge in [0.1, 0.15) is 16.9 Å². The van der Waals surface area contributed by atoms with Crippen LogP contribution in [0.2, 0.25) is 0 Å². The van der Waals surface area contributed by atoms with Crippen molar-refractivity contribution in [1.29, 1.82) is 0 Å². The summed E-state index contributed by atoms with van der Waals surface area (Å²) in [5.41, 5.74) is 0.0231. The minimum Gasteiger partial charge on any atom is -0.490 e. The molecule has 1 heterocycles. The lowest BCUT2D eigenvalue weighted by Crippen LogP contribution is -2.48. The molecule has 1 fully saturated rings. The van der Waals surface area contributed by atoms with Crippen LogP contribution in [0.25, 0.3) is 10.9 Å². The van der Waals surface area contributed by atoms with E-state index in [1.807, 2.05) is 30.3 Å². The lowest BCUT2D eigenvalue weighted by molar-refractivity contribution is 0.0407. The summed E-state index contributed by atoms with van der Waals surface area (Å²) in [6, 6.07) is 9.67. The van der Waals surface area contributed by atoms with Gasteiger partial charge in [-0.05, 0) is 89.0 Å². The number of carbonyl (C=O) groups is 1. The van der Waals surface area contributed by atoms with Gasteiger partial charge in [0.05, 0.1) is 23.9 Å². The SMILES string of the molecule is CC(C)(C)OC(=O)NC(C)(CO)c1ccc2cc(O[C@H]3CC[C@H](C(C)(C)C)CC3)ccc2n1. The van der Waals surface area contributed by atoms with Gasteiger partial charge in [-0.1, -0.05) is 26.8 Å². The minimum atomic E-state index is -1.06. The number of ether oxygens (including phenoxy) is 2. The Morgan fingerprint density at radius 1 is 1.03 bits per heavy atom. The maximum absolute atomic E-state index is 12.3. The number of aliphatic hydroxyl groups excluding tert-OH is 1. The highest BCUT2D eigenvalue weighted by atomic mass is 16.6. The molecular weight excluding hydrogens is 416 g/mol. The number of pyridine rings is 1. The van der Waals surface area contributed by atoms with E-state index >= 15 is 0 Å². The highest BCUT2D eigenvalue weighted by Gasteiger charge is 2.32. The molecule has 0 saturated heterocycles. The van der Waals surface area contributed by atoms with Crippen LogP contribution in [-0.2, 0) is 10.3 Å². The van der Waals surface area contributed by atoms with E-state index in [0.717, 1.165) is 35.4 Å². The van der Waals surface area contributed by atoms with Crippen LogP contribution in [0.15, 0.2) is 30.3 Å². The maximum Gasteiger partial charge on any atom is 0.408 e. The van der Waals surface area contributed by atoms with Gasteiger partial charge in [-0.2, -0.15) is 0 Å². The molecule has 0 spiro atoms. The summed E-state index contributed by atoms with van der Waals surface area (Å²) in [6.45, 7) is 13.8. The van der Waals surface area contributed by atoms with Crippen molar-refractivity contribution in [2.45, 2.75) is 91.4 Å². The van der Waals surface area contributed by atoms with Crippen LogP contribution in [0.3, 0.4) is 0 Å². The molecular formula is C27H40N2O4. The first-order valence-corrected chi connectivity index (χ1v) is 12.0. The maximum atomic E-state index is 12.3. The number of hydrogen-bond acceptors (Lipinski definition) is 5. The van der Waals surface area contributed by atoms with E-state index < -0.39 is 17.2 Å². The lowest BCUT2D eigenvalue weighted by atomic mass is 9.72. The molecule has 1 atom stereocenters. The zero-order valence-electron chi connectivity index (χ0n) is 21.2. The molecule has 1 aromatic heterocycles. The second kappa shape index (κ2) is 9.49. The largest absolute Gasteiger partial charge is 0.490 e. The quantitative estimate of drug-likeness (QED) is 0.581. The molecule has 6 nitrogen and oxygen atoms in total. The molecule has 0 bridgehead atoms. The highest BCUT2D eigenvalue weighted by Crippen LogP contribution is 2.39. The number of amides is 1. The number of nitrogens with zero attached hydrogens (tertiary/aromatic N) is 1. The topological polar surface area (TPSA) is 80.7 Å². The molecule has 1 amide bonds. The number of fused-ring (bicyclic) bond motifs is 1. The zero-order valence-corrected chi connectivity index (χ0v) is 21.2. The van der Waals surface area contributed by atoms with Crippen molar-refractivity contribution in [3.63, 3.8) is 0 Å². The summed E-state index contributed by atoms with van der Waals surface area (Å²) in [7, 11) is 0. The van der Waals surface area contributed by atoms with Crippen molar-refractivity contribution in [1.82, 2.24) is 10.3 Å². The van der Waals surface area contributed by atoms with E-state index in [9.17, 15) is 9.90 Å². The van der Waals surface area contributed by atoms with Crippen LogP contribution >= 0.6 is 0 Å². The van der Waals surface area contributed by atoms with E-state index in [1.54, 1.807) is 27.7 Å². The molecule has 3 rings (SSSR count). The first-order chi connectivity index (χ1) is 15.3. The number of carbonyl (C=O) groups excluding carboxylic acids is 1. The Bertz CT molecular complexity index is 968. The standard InChI is InChI=1S/C27H40N2O4/c1-25(2,3)19-9-11-20(12-10-19)32-21-13-14-22-18(16-21)8-15-23(28-22)27(7,17-30)29-24(31)33-26(4,5)6/h8,13-16,19-20,30H,9-12,17H2,1-7H3,(H,29,31)/t19-,20-,27?. The van der Waals surface area contributed by atoms with Gasteiger partial charge in [0.25, 0.3) is 0 Å². The molecule has 1 unspecified atom stereocenters. The second-order valence-corrected chi connectivity index (χ2v) is 11.6. The Kier molecular flexibility index (Phi) is 7.27. The fourth-order valence-corrected chi connectivity index (χ4v) is 4.44. The molecule has 182 valence electrons. The van der Waals surface area contributed by atoms with E-state index in [1.165, 1.54) is 12.8 Å². The van der Waals surface area contributed by atoms with Gasteiger partial charge in [-0.3, -0.25) is 4.98 Å². The summed E-state index contributed by atoms with van der Waals surface area (Å²) in [5.74, 6) is 1.61. The van der Waals surface area contributed by atoms with Crippen molar-refractivity contribution in [2.24, 2.45) is 11.3 Å². The third-order valence-electron chi connectivity index (χ3n) is 6.52. The van der Waals surface area contributed by atoms with Crippen LogP contribution in [-0.4, -0.2) is 34.5 Å². The summed E-state index contributed by atoms with van der Waals surface area (Å²) in [6.07, 6.45) is 4.24. The average molecular weight is 457 g/mol. The van der Waals surface area contributed by atoms with Gasteiger partial charge in [-0.15, -0.1) is 0 Å². The first kappa shape index (κ1) is 25.3. The number of alkyl carbamates (subject to hydrolysis) is 1. The zero-order chi connectivity index (χ0) is 24.4. The van der Waals surface area contributed by atoms with E-state index in [2.05, 4.69) is 26.1 Å². The van der Waals surface area contributed by atoms with Gasteiger partial charge in [0, 0.05) is 5.39 Å². The summed E-state index contributed by atoms with van der Waals surface area (Å²) in [4.78, 5) is 17.0. The van der Waals surface area contributed by atoms with Crippen LogP contribution in [0, 0.1) is 11.3 Å². The number of nitrogens with one attached hydrogen (secondary N) is 1. The van der Waals surface area contributed by atoms with E-state index in [-0.39, 0.29) is 12.7 Å². The normalized spacial score (nSPS) is 21.3. The number of aromatic nitrogens is 1. The molecule has 0 radical (unpaired) electrons. The lowest BCUT2D eigenvalue weighted by Gasteiger charge is -2.37. The molecule has 2 aromatic rings. The smallest absolute Gasteiger partial charge is 0.408 e. The molecule has 2 N–H and O–H groups in total. The predicted octanol–water partition coefficient (Wildman–Crippen LogP) is 5.95. The summed E-state index contributed by atoms with van der Waals surface area (Å²) in [5, 5.41) is 13.7. The molecule has 1 aromatic carbocycles. The van der Waals surface area contributed by atoms with E-state index in [4.69, 9.17) is 14.5 Å². The number of benzene rings is 1. The van der Waals surface area contributed by atoms with Gasteiger partial charge in [0.15, 0.2) is 0 Å². The number of rotatable bonds is 5. The minimum absolute atomic E-state index is 0.254. The Balaban J connectivity index is 1.71. The first-order valence-electron chi connectivity index (χ1n) is 12.0. The highest BCUT2D eigenvalue weighted by molar-refractivity contribution is 5.80. The second-order valence-electron chi connectivity index (χ2n) is 11.6. The van der Waals surface area contributed by atoms with Gasteiger partial charge < -0.3 is 19.9 Å². The molecule has 6 heteroatoms. The van der Waals surface area contributed by atoms with Crippen LogP contribution < -0.4 is 10.1 Å². The number of aliphatic hydroxyl groups is 1. The van der Waals surface area contributed by atoms with Crippen LogP contribution in [0.5, 0.6) is 5.75 Å². The van der Waals surface area contributed by atoms with Crippen molar-refractivity contribution in [2.75, 3.05) is 6.61 Å². The molecule has 1 aliphatic carbocycles. The third-order valence-corrected chi connectivity index (χ3v) is 6.52.